The van der Waals surface area contributed by atoms with Gasteiger partial charge in [0.25, 0.3) is 0 Å². The zero-order valence-corrected chi connectivity index (χ0v) is 10.0. The predicted molar refractivity (Wildman–Crippen MR) is 66.1 cm³/mol. The average Bonchev–Trinajstić information content (AvgIpc) is 2.64. The van der Waals surface area contributed by atoms with E-state index in [9.17, 15) is 9.59 Å². The van der Waals surface area contributed by atoms with Gasteiger partial charge in [-0.2, -0.15) is 0 Å². The van der Waals surface area contributed by atoms with Gasteiger partial charge in [0.15, 0.2) is 0 Å². The quantitative estimate of drug-likeness (QED) is 0.811. The molecule has 0 aromatic heterocycles. The first-order valence-corrected chi connectivity index (χ1v) is 5.94. The normalized spacial score (nSPS) is 14.0. The van der Waals surface area contributed by atoms with E-state index in [0.717, 1.165) is 22.4 Å². The Kier molecular flexibility index (Phi) is 3.45. The zero-order valence-electron chi connectivity index (χ0n) is 9.28. The lowest BCUT2D eigenvalue weighted by Gasteiger charge is -2.14. The highest BCUT2D eigenvalue weighted by molar-refractivity contribution is 6.33. The van der Waals surface area contributed by atoms with Crippen LogP contribution in [0.5, 0.6) is 0 Å². The minimum Gasteiger partial charge on any atom is -0.330 e. The second-order valence-electron chi connectivity index (χ2n) is 3.94. The molecule has 0 bridgehead atoms. The Balaban J connectivity index is 2.35. The molecular weight excluding hydrogens is 240 g/mol. The van der Waals surface area contributed by atoms with Gasteiger partial charge in [0.2, 0.25) is 11.8 Å². The third-order valence-corrected chi connectivity index (χ3v) is 3.00. The van der Waals surface area contributed by atoms with Crippen LogP contribution in [0.25, 0.3) is 0 Å². The number of fused-ring (bicyclic) bond motifs is 1. The number of alkyl halides is 1. The van der Waals surface area contributed by atoms with Crippen LogP contribution in [-0.2, 0) is 22.4 Å². The van der Waals surface area contributed by atoms with Gasteiger partial charge in [-0.3, -0.25) is 9.59 Å². The molecule has 1 aromatic rings. The maximum absolute atomic E-state index is 11.7. The summed E-state index contributed by atoms with van der Waals surface area (Å²) < 4.78 is 0. The Hall–Kier alpha value is -1.39. The average molecular weight is 253 g/mol. The summed E-state index contributed by atoms with van der Waals surface area (Å²) in [7, 11) is 0. The van der Waals surface area contributed by atoms with Gasteiger partial charge >= 0.3 is 0 Å². The fourth-order valence-corrected chi connectivity index (χ4v) is 2.15. The summed E-state index contributed by atoms with van der Waals surface area (Å²) in [5.41, 5.74) is 8.09. The highest BCUT2D eigenvalue weighted by Gasteiger charge is 2.31. The molecule has 1 aliphatic rings. The number of hydrogen-bond donors (Lipinski definition) is 1. The van der Waals surface area contributed by atoms with Crippen molar-refractivity contribution in [3.05, 3.63) is 29.3 Å². The van der Waals surface area contributed by atoms with E-state index in [1.54, 1.807) is 6.07 Å². The molecule has 4 nitrogen and oxygen atoms in total. The van der Waals surface area contributed by atoms with E-state index in [1.807, 2.05) is 12.1 Å². The van der Waals surface area contributed by atoms with Crippen molar-refractivity contribution in [2.45, 2.75) is 12.8 Å². The molecule has 17 heavy (non-hydrogen) atoms. The van der Waals surface area contributed by atoms with Crippen LogP contribution >= 0.6 is 11.6 Å². The van der Waals surface area contributed by atoms with Gasteiger partial charge in [-0.1, -0.05) is 12.1 Å². The molecule has 0 spiro atoms. The van der Waals surface area contributed by atoms with Gasteiger partial charge < -0.3 is 5.73 Å². The number of halogens is 1. The van der Waals surface area contributed by atoms with Crippen LogP contribution < -0.4 is 10.6 Å². The molecule has 0 saturated carbocycles. The molecule has 0 saturated heterocycles. The van der Waals surface area contributed by atoms with Gasteiger partial charge in [0.05, 0.1) is 12.1 Å². The molecule has 0 atom stereocenters. The lowest BCUT2D eigenvalue weighted by atomic mass is 10.1. The van der Waals surface area contributed by atoms with E-state index in [1.165, 1.54) is 0 Å². The number of benzene rings is 1. The standard InChI is InChI=1S/C12H13ClN2O2/c13-7-12(17)15-10-2-1-8(3-4-14)5-9(10)6-11(15)16/h1-2,5H,3-4,6-7,14H2. The smallest absolute Gasteiger partial charge is 0.248 e. The molecular formula is C12H13ClN2O2. The van der Waals surface area contributed by atoms with Crippen LogP contribution in [0.4, 0.5) is 5.69 Å². The minimum absolute atomic E-state index is 0.185. The summed E-state index contributed by atoms with van der Waals surface area (Å²) >= 11 is 5.48. The molecule has 0 radical (unpaired) electrons. The van der Waals surface area contributed by atoms with Crippen molar-refractivity contribution in [2.75, 3.05) is 17.3 Å². The summed E-state index contributed by atoms with van der Waals surface area (Å²) in [6.07, 6.45) is 1.03. The third-order valence-electron chi connectivity index (χ3n) is 2.77. The van der Waals surface area contributed by atoms with Gasteiger partial charge in [-0.25, -0.2) is 4.90 Å². The minimum atomic E-state index is -0.373. The summed E-state index contributed by atoms with van der Waals surface area (Å²) in [6, 6.07) is 5.61. The number of carbonyl (C=O) groups excluding carboxylic acids is 2. The van der Waals surface area contributed by atoms with Crippen molar-refractivity contribution in [3.8, 4) is 0 Å². The van der Waals surface area contributed by atoms with Gasteiger partial charge in [-0.15, -0.1) is 11.6 Å². The molecule has 1 heterocycles. The molecule has 2 N–H and O–H groups in total. The van der Waals surface area contributed by atoms with E-state index < -0.39 is 0 Å². The molecule has 5 heteroatoms. The largest absolute Gasteiger partial charge is 0.330 e. The Morgan fingerprint density at radius 2 is 2.24 bits per heavy atom. The van der Waals surface area contributed by atoms with E-state index in [-0.39, 0.29) is 24.1 Å². The Bertz CT molecular complexity index is 474. The number of hydrogen-bond acceptors (Lipinski definition) is 3. The Morgan fingerprint density at radius 1 is 1.47 bits per heavy atom. The monoisotopic (exact) mass is 252 g/mol. The molecule has 1 aliphatic heterocycles. The molecule has 90 valence electrons. The third kappa shape index (κ3) is 2.18. The van der Waals surface area contributed by atoms with Crippen LogP contribution in [-0.4, -0.2) is 24.2 Å². The lowest BCUT2D eigenvalue weighted by molar-refractivity contribution is -0.124. The number of imide groups is 1. The SMILES string of the molecule is NCCc1ccc2c(c1)CC(=O)N2C(=O)CCl. The van der Waals surface area contributed by atoms with E-state index in [4.69, 9.17) is 17.3 Å². The van der Waals surface area contributed by atoms with Crippen molar-refractivity contribution in [2.24, 2.45) is 5.73 Å². The second kappa shape index (κ2) is 4.85. The van der Waals surface area contributed by atoms with Gasteiger partial charge in [-0.05, 0) is 30.2 Å². The topological polar surface area (TPSA) is 63.4 Å². The summed E-state index contributed by atoms with van der Waals surface area (Å²) in [5.74, 6) is -0.770. The molecule has 1 aromatic carbocycles. The number of anilines is 1. The first kappa shape index (κ1) is 12.1. The number of rotatable bonds is 3. The lowest BCUT2D eigenvalue weighted by Crippen LogP contribution is -2.34. The zero-order chi connectivity index (χ0) is 12.4. The maximum Gasteiger partial charge on any atom is 0.248 e. The fourth-order valence-electron chi connectivity index (χ4n) is 2.03. The highest BCUT2D eigenvalue weighted by Crippen LogP contribution is 2.30. The van der Waals surface area contributed by atoms with E-state index in [0.29, 0.717) is 12.2 Å². The molecule has 2 amide bonds. The molecule has 0 unspecified atom stereocenters. The van der Waals surface area contributed by atoms with Crippen LogP contribution in [0.2, 0.25) is 0 Å². The number of nitrogens with two attached hydrogens (primary N) is 1. The van der Waals surface area contributed by atoms with Gasteiger partial charge in [0, 0.05) is 0 Å². The van der Waals surface area contributed by atoms with Crippen molar-refractivity contribution in [3.63, 3.8) is 0 Å². The number of carbonyl (C=O) groups is 2. The van der Waals surface area contributed by atoms with Crippen molar-refractivity contribution in [1.29, 1.82) is 0 Å². The van der Waals surface area contributed by atoms with E-state index in [2.05, 4.69) is 0 Å². The fraction of sp³-hybridized carbons (Fsp3) is 0.333. The first-order valence-electron chi connectivity index (χ1n) is 5.41. The number of nitrogens with zero attached hydrogens (tertiary/aromatic N) is 1. The van der Waals surface area contributed by atoms with Crippen LogP contribution in [0, 0.1) is 0 Å². The van der Waals surface area contributed by atoms with Crippen LogP contribution in [0.1, 0.15) is 11.1 Å². The van der Waals surface area contributed by atoms with Crippen molar-refractivity contribution in [1.82, 2.24) is 0 Å². The highest BCUT2D eigenvalue weighted by atomic mass is 35.5. The first-order chi connectivity index (χ1) is 8.17. The van der Waals surface area contributed by atoms with Gasteiger partial charge in [0.1, 0.15) is 5.88 Å². The molecule has 0 fully saturated rings. The van der Waals surface area contributed by atoms with Crippen molar-refractivity contribution < 1.29 is 9.59 Å². The molecule has 0 aliphatic carbocycles. The Morgan fingerprint density at radius 3 is 2.88 bits per heavy atom. The Labute approximate surface area is 104 Å². The summed E-state index contributed by atoms with van der Waals surface area (Å²) in [5, 5.41) is 0. The number of amides is 2. The predicted octanol–water partition coefficient (Wildman–Crippen LogP) is 0.842. The second-order valence-corrected chi connectivity index (χ2v) is 4.20. The van der Waals surface area contributed by atoms with E-state index >= 15 is 0 Å². The maximum atomic E-state index is 11.7. The summed E-state index contributed by atoms with van der Waals surface area (Å²) in [4.78, 5) is 24.4. The molecule has 2 rings (SSSR count). The van der Waals surface area contributed by atoms with Crippen molar-refractivity contribution >= 4 is 29.1 Å². The van der Waals surface area contributed by atoms with Crippen LogP contribution in [0.3, 0.4) is 0 Å². The van der Waals surface area contributed by atoms with Crippen LogP contribution in [0.15, 0.2) is 18.2 Å². The summed E-state index contributed by atoms with van der Waals surface area (Å²) in [6.45, 7) is 0.567.